The minimum atomic E-state index is -1.29. The highest BCUT2D eigenvalue weighted by atomic mass is 16.6. The number of carbonyl (C=O) groups excluding carboxylic acids is 7. The zero-order valence-corrected chi connectivity index (χ0v) is 42.1. The number of hydrogen-bond donors (Lipinski definition) is 4. The molecule has 376 valence electrons. The maximum atomic E-state index is 13.3. The van der Waals surface area contributed by atoms with Gasteiger partial charge in [0.1, 0.15) is 40.5 Å². The summed E-state index contributed by atoms with van der Waals surface area (Å²) in [6.07, 6.45) is 14.2. The summed E-state index contributed by atoms with van der Waals surface area (Å²) >= 11 is 0. The molecule has 65 heavy (non-hydrogen) atoms. The maximum absolute atomic E-state index is 13.3. The van der Waals surface area contributed by atoms with Crippen LogP contribution in [0.25, 0.3) is 0 Å². The SMILES string of the molecule is CC(C)(C)OC(=O)CCCCCCCCCCCCCCCCC(=O)N[C@@H](CCC(=O)N[C@@H](CCC(=O)N[C@@H](CCC(=O)O)C(=O)OC(C)(C)C)C(=O)OC(C)(C)C)C(=O)OC(C)(C)C. The molecule has 16 heteroatoms. The Kier molecular flexibility index (Phi) is 28.9. The Hall–Kier alpha value is -4.24. The monoisotopic (exact) mass is 926 g/mol. The van der Waals surface area contributed by atoms with Crippen molar-refractivity contribution >= 4 is 47.6 Å². The van der Waals surface area contributed by atoms with E-state index in [4.69, 9.17) is 24.1 Å². The number of esters is 4. The summed E-state index contributed by atoms with van der Waals surface area (Å²) in [7, 11) is 0. The Labute approximate surface area is 389 Å². The second-order valence-electron chi connectivity index (χ2n) is 21.0. The quantitative estimate of drug-likeness (QED) is 0.0282. The number of aliphatic carboxylic acids is 1. The second-order valence-corrected chi connectivity index (χ2v) is 21.0. The third-order valence-electron chi connectivity index (χ3n) is 9.50. The number of carboxylic acids is 1. The van der Waals surface area contributed by atoms with Crippen LogP contribution in [-0.2, 0) is 57.3 Å². The average Bonchev–Trinajstić information content (AvgIpc) is 3.13. The summed E-state index contributed by atoms with van der Waals surface area (Å²) in [5, 5.41) is 17.0. The Morgan fingerprint density at radius 3 is 0.877 bits per heavy atom. The standard InChI is InChI=1S/C49H87N3O13/c1-46(2,3)62-42(58)28-26-24-22-20-18-16-14-13-15-17-19-21-23-25-27-38(53)50-35(43(59)63-47(4,5)6)29-32-39(54)51-36(44(60)64-48(7,8)9)30-33-40(55)52-37(31-34-41(56)57)45(61)65-49(10,11)12/h35-37H,13-34H2,1-12H3,(H,50,53)(H,51,54)(H,52,55)(H,56,57)/t35-,36-,37-/m0/s1. The van der Waals surface area contributed by atoms with Crippen molar-refractivity contribution < 1.29 is 62.4 Å². The molecule has 0 aliphatic heterocycles. The molecule has 0 saturated carbocycles. The lowest BCUT2D eigenvalue weighted by molar-refractivity contribution is -0.160. The van der Waals surface area contributed by atoms with Crippen LogP contribution in [0, 0.1) is 0 Å². The lowest BCUT2D eigenvalue weighted by atomic mass is 10.0. The van der Waals surface area contributed by atoms with Crippen LogP contribution in [-0.4, -0.2) is 93.2 Å². The number of amides is 3. The molecule has 3 atom stereocenters. The summed E-state index contributed by atoms with van der Waals surface area (Å²) < 4.78 is 21.7. The molecule has 0 spiro atoms. The van der Waals surface area contributed by atoms with Crippen LogP contribution < -0.4 is 16.0 Å². The van der Waals surface area contributed by atoms with Crippen LogP contribution in [0.5, 0.6) is 0 Å². The zero-order valence-electron chi connectivity index (χ0n) is 42.1. The van der Waals surface area contributed by atoms with Gasteiger partial charge in [-0.25, -0.2) is 14.4 Å². The highest BCUT2D eigenvalue weighted by molar-refractivity contribution is 5.88. The van der Waals surface area contributed by atoms with Crippen LogP contribution in [0.2, 0.25) is 0 Å². The molecular weight excluding hydrogens is 839 g/mol. The van der Waals surface area contributed by atoms with Gasteiger partial charge in [-0.15, -0.1) is 0 Å². The van der Waals surface area contributed by atoms with Gasteiger partial charge in [0.25, 0.3) is 0 Å². The molecule has 0 aliphatic carbocycles. The highest BCUT2D eigenvalue weighted by Crippen LogP contribution is 2.18. The number of carboxylic acid groups (broad SMARTS) is 1. The average molecular weight is 926 g/mol. The van der Waals surface area contributed by atoms with E-state index in [-0.39, 0.29) is 50.4 Å². The molecule has 0 saturated heterocycles. The van der Waals surface area contributed by atoms with Crippen molar-refractivity contribution in [2.24, 2.45) is 0 Å². The maximum Gasteiger partial charge on any atom is 0.329 e. The second kappa shape index (κ2) is 30.9. The van der Waals surface area contributed by atoms with E-state index in [1.54, 1.807) is 62.3 Å². The Balaban J connectivity index is 5.00. The first-order chi connectivity index (χ1) is 30.0. The molecule has 0 heterocycles. The molecule has 4 N–H and O–H groups in total. The van der Waals surface area contributed by atoms with Gasteiger partial charge in [0, 0.05) is 32.1 Å². The van der Waals surface area contributed by atoms with Crippen molar-refractivity contribution in [1.82, 2.24) is 16.0 Å². The molecule has 0 radical (unpaired) electrons. The fourth-order valence-corrected chi connectivity index (χ4v) is 6.55. The normalized spacial score (nSPS) is 13.4. The van der Waals surface area contributed by atoms with E-state index in [0.29, 0.717) is 12.8 Å². The van der Waals surface area contributed by atoms with Crippen molar-refractivity contribution in [1.29, 1.82) is 0 Å². The Morgan fingerprint density at radius 2 is 0.600 bits per heavy atom. The van der Waals surface area contributed by atoms with Crippen LogP contribution >= 0.6 is 0 Å². The summed E-state index contributed by atoms with van der Waals surface area (Å²) in [5.74, 6) is -5.25. The van der Waals surface area contributed by atoms with Crippen LogP contribution in [0.15, 0.2) is 0 Å². The molecule has 0 bridgehead atoms. The third-order valence-corrected chi connectivity index (χ3v) is 9.50. The summed E-state index contributed by atoms with van der Waals surface area (Å²) in [5.41, 5.74) is -3.10. The molecule has 16 nitrogen and oxygen atoms in total. The topological polar surface area (TPSA) is 230 Å². The number of carbonyl (C=O) groups is 8. The van der Waals surface area contributed by atoms with Gasteiger partial charge in [0.2, 0.25) is 17.7 Å². The minimum absolute atomic E-state index is 0.117. The predicted molar refractivity (Wildman–Crippen MR) is 248 cm³/mol. The van der Waals surface area contributed by atoms with Gasteiger partial charge in [-0.3, -0.25) is 24.0 Å². The Bertz CT molecular complexity index is 1490. The molecule has 0 aromatic rings. The van der Waals surface area contributed by atoms with E-state index >= 15 is 0 Å². The molecule has 3 amide bonds. The lowest BCUT2D eigenvalue weighted by Gasteiger charge is -2.26. The van der Waals surface area contributed by atoms with Crippen molar-refractivity contribution in [3.05, 3.63) is 0 Å². The highest BCUT2D eigenvalue weighted by Gasteiger charge is 2.32. The van der Waals surface area contributed by atoms with E-state index in [2.05, 4.69) is 16.0 Å². The first kappa shape index (κ1) is 60.8. The van der Waals surface area contributed by atoms with Crippen LogP contribution in [0.3, 0.4) is 0 Å². The van der Waals surface area contributed by atoms with E-state index in [1.165, 1.54) is 38.5 Å². The lowest BCUT2D eigenvalue weighted by Crippen LogP contribution is -2.47. The van der Waals surface area contributed by atoms with Gasteiger partial charge in [-0.2, -0.15) is 0 Å². The molecular formula is C49H87N3O13. The number of hydrogen-bond acceptors (Lipinski definition) is 12. The van der Waals surface area contributed by atoms with Gasteiger partial charge < -0.3 is 40.0 Å². The fraction of sp³-hybridized carbons (Fsp3) is 0.837. The van der Waals surface area contributed by atoms with Gasteiger partial charge in [0.15, 0.2) is 0 Å². The first-order valence-corrected chi connectivity index (χ1v) is 24.0. The number of rotatable bonds is 32. The predicted octanol–water partition coefficient (Wildman–Crippen LogP) is 8.47. The zero-order chi connectivity index (χ0) is 49.9. The Morgan fingerprint density at radius 1 is 0.354 bits per heavy atom. The van der Waals surface area contributed by atoms with Crippen molar-refractivity contribution in [3.63, 3.8) is 0 Å². The molecule has 0 unspecified atom stereocenters. The smallest absolute Gasteiger partial charge is 0.329 e. The van der Waals surface area contributed by atoms with Crippen LogP contribution in [0.1, 0.15) is 224 Å². The number of ether oxygens (including phenoxy) is 4. The molecule has 0 aromatic carbocycles. The van der Waals surface area contributed by atoms with Gasteiger partial charge >= 0.3 is 29.8 Å². The van der Waals surface area contributed by atoms with Gasteiger partial charge in [0.05, 0.1) is 0 Å². The molecule has 0 rings (SSSR count). The third kappa shape index (κ3) is 36.6. The molecule has 0 fully saturated rings. The van der Waals surface area contributed by atoms with Crippen LogP contribution in [0.4, 0.5) is 0 Å². The number of nitrogens with one attached hydrogen (secondary N) is 3. The first-order valence-electron chi connectivity index (χ1n) is 24.0. The van der Waals surface area contributed by atoms with E-state index < -0.39 is 82.6 Å². The molecule has 0 aromatic heterocycles. The van der Waals surface area contributed by atoms with E-state index in [9.17, 15) is 38.4 Å². The van der Waals surface area contributed by atoms with Gasteiger partial charge in [-0.05, 0) is 115 Å². The van der Waals surface area contributed by atoms with E-state index in [0.717, 1.165) is 44.9 Å². The van der Waals surface area contributed by atoms with Gasteiger partial charge in [-0.1, -0.05) is 77.0 Å². The van der Waals surface area contributed by atoms with Crippen molar-refractivity contribution in [2.45, 2.75) is 265 Å². The minimum Gasteiger partial charge on any atom is -0.481 e. The summed E-state index contributed by atoms with van der Waals surface area (Å²) in [6, 6.07) is -3.67. The van der Waals surface area contributed by atoms with E-state index in [1.807, 2.05) is 20.8 Å². The fourth-order valence-electron chi connectivity index (χ4n) is 6.55. The summed E-state index contributed by atoms with van der Waals surface area (Å²) in [6.45, 7) is 20.6. The van der Waals surface area contributed by atoms with Crippen molar-refractivity contribution in [3.8, 4) is 0 Å². The summed E-state index contributed by atoms with van der Waals surface area (Å²) in [4.78, 5) is 101. The molecule has 0 aliphatic rings. The van der Waals surface area contributed by atoms with Crippen molar-refractivity contribution in [2.75, 3.05) is 0 Å². The largest absolute Gasteiger partial charge is 0.481 e. The number of unbranched alkanes of at least 4 members (excludes halogenated alkanes) is 13.